The fraction of sp³-hybridized carbons (Fsp3) is 0.750. The molecule has 1 rings (SSSR count). The van der Waals surface area contributed by atoms with Gasteiger partial charge in [-0.3, -0.25) is 4.57 Å². The van der Waals surface area contributed by atoms with Crippen molar-refractivity contribution in [2.45, 2.75) is 45.4 Å². The molecule has 0 saturated heterocycles. The first kappa shape index (κ1) is 13.1. The van der Waals surface area contributed by atoms with Crippen molar-refractivity contribution in [2.24, 2.45) is 0 Å². The van der Waals surface area contributed by atoms with E-state index in [1.807, 2.05) is 4.68 Å². The fourth-order valence-corrected chi connectivity index (χ4v) is 1.74. The molecule has 0 aliphatic carbocycles. The summed E-state index contributed by atoms with van der Waals surface area (Å²) in [5.74, 6) is 1.23. The summed E-state index contributed by atoms with van der Waals surface area (Å²) in [6, 6.07) is 0. The Kier molecular flexibility index (Phi) is 5.80. The van der Waals surface area contributed by atoms with Gasteiger partial charge in [0.15, 0.2) is 5.16 Å². The minimum Gasteiger partial charge on any atom is -0.703 e. The van der Waals surface area contributed by atoms with E-state index >= 15 is 0 Å². The van der Waals surface area contributed by atoms with E-state index in [4.69, 9.17) is 12.6 Å². The van der Waals surface area contributed by atoms with Crippen molar-refractivity contribution in [3.8, 4) is 0 Å². The van der Waals surface area contributed by atoms with Crippen LogP contribution in [0.1, 0.15) is 26.6 Å². The second-order valence-corrected chi connectivity index (χ2v) is 2.98. The molecule has 0 aliphatic rings. The molecule has 3 nitrogen and oxygen atoms in total. The van der Waals surface area contributed by atoms with Crippen LogP contribution in [0.2, 0.25) is 0 Å². The van der Waals surface area contributed by atoms with Gasteiger partial charge in [-0.15, -0.1) is 4.68 Å². The quantitative estimate of drug-likeness (QED) is 0.436. The molecule has 0 atom stereocenters. The topological polar surface area (TPSA) is 21.7 Å². The molecule has 1 aromatic rings. The van der Waals surface area contributed by atoms with Crippen LogP contribution in [0.3, 0.4) is 0 Å². The first-order chi connectivity index (χ1) is 5.74. The Bertz CT molecular complexity index is 273. The maximum Gasteiger partial charge on any atom is 1.00 e. The van der Waals surface area contributed by atoms with E-state index in [1.165, 1.54) is 5.82 Å². The van der Waals surface area contributed by atoms with Gasteiger partial charge in [0.1, 0.15) is 6.54 Å². The zero-order valence-corrected chi connectivity index (χ0v) is 11.2. The van der Waals surface area contributed by atoms with Crippen LogP contribution < -0.4 is 4.57 Å². The smallest absolute Gasteiger partial charge is 0.703 e. The molecule has 5 heteroatoms. The van der Waals surface area contributed by atoms with E-state index in [9.17, 15) is 0 Å². The Morgan fingerprint density at radius 2 is 2.00 bits per heavy atom. The summed E-state index contributed by atoms with van der Waals surface area (Å²) in [4.78, 5) is 0. The van der Waals surface area contributed by atoms with Gasteiger partial charge in [-0.1, -0.05) is 6.92 Å². The number of rotatable bonds is 3. The Morgan fingerprint density at radius 3 is 2.38 bits per heavy atom. The van der Waals surface area contributed by atoms with Crippen molar-refractivity contribution in [2.75, 3.05) is 0 Å². The average Bonchev–Trinajstić information content (AvgIpc) is 2.40. The maximum absolute atomic E-state index is 5.12. The van der Waals surface area contributed by atoms with E-state index in [0.717, 1.165) is 19.5 Å². The van der Waals surface area contributed by atoms with Crippen LogP contribution in [0, 0.1) is 0 Å². The molecular formula is C8H15AuN3S+. The van der Waals surface area contributed by atoms with Gasteiger partial charge in [0.25, 0.3) is 0 Å². The number of aryl methyl sites for hydroxylation is 1. The summed E-state index contributed by atoms with van der Waals surface area (Å²) in [6.07, 6.45) is 0.991. The van der Waals surface area contributed by atoms with Gasteiger partial charge in [0, 0.05) is 11.5 Å². The van der Waals surface area contributed by atoms with E-state index in [2.05, 4.69) is 30.4 Å². The molecule has 0 N–H and O–H groups in total. The van der Waals surface area contributed by atoms with Crippen LogP contribution in [0.15, 0.2) is 5.16 Å². The van der Waals surface area contributed by atoms with E-state index in [1.54, 1.807) is 0 Å². The summed E-state index contributed by atoms with van der Waals surface area (Å²) >= 11 is 5.12. The zero-order valence-electron chi connectivity index (χ0n) is 8.17. The molecule has 78 valence electrons. The first-order valence-electron chi connectivity index (χ1n) is 4.41. The monoisotopic (exact) mass is 382 g/mol. The third kappa shape index (κ3) is 2.53. The second-order valence-electron chi connectivity index (χ2n) is 2.61. The minimum atomic E-state index is 0. The van der Waals surface area contributed by atoms with E-state index < -0.39 is 0 Å². The summed E-state index contributed by atoms with van der Waals surface area (Å²) in [7, 11) is 0. The van der Waals surface area contributed by atoms with Gasteiger partial charge in [0.05, 0.1) is 6.54 Å². The molecule has 0 unspecified atom stereocenters. The SMILES string of the molecule is CCc1n(CC)nc([S-])[n+]1CC.[Au+]. The molecule has 0 bridgehead atoms. The van der Waals surface area contributed by atoms with Gasteiger partial charge in [0.2, 0.25) is 5.82 Å². The Labute approximate surface area is 100 Å². The third-order valence-corrected chi connectivity index (χ3v) is 2.28. The van der Waals surface area contributed by atoms with Crippen LogP contribution in [0.4, 0.5) is 0 Å². The third-order valence-electron chi connectivity index (χ3n) is 1.98. The molecule has 13 heavy (non-hydrogen) atoms. The average molecular weight is 382 g/mol. The van der Waals surface area contributed by atoms with Crippen molar-refractivity contribution >= 4 is 12.6 Å². The zero-order chi connectivity index (χ0) is 9.14. The molecule has 0 fully saturated rings. The van der Waals surface area contributed by atoms with Crippen molar-refractivity contribution in [3.63, 3.8) is 0 Å². The summed E-state index contributed by atoms with van der Waals surface area (Å²) in [5.41, 5.74) is 0. The van der Waals surface area contributed by atoms with Crippen molar-refractivity contribution in [1.82, 2.24) is 9.78 Å². The van der Waals surface area contributed by atoms with Crippen LogP contribution in [0.25, 0.3) is 0 Å². The standard InChI is InChI=1S/C8H15N3S.Au/c1-4-7-10(5-2)8(12)9-11(7)6-3;/h4-6H2,1-3H3;/q;+1. The number of hydrogen-bond acceptors (Lipinski definition) is 2. The Balaban J connectivity index is 0.00000144. The molecule has 0 saturated carbocycles. The summed E-state index contributed by atoms with van der Waals surface area (Å²) in [6.45, 7) is 8.13. The molecule has 0 spiro atoms. The number of aromatic nitrogens is 3. The minimum absolute atomic E-state index is 0. The molecule has 0 aliphatic heterocycles. The first-order valence-corrected chi connectivity index (χ1v) is 4.81. The van der Waals surface area contributed by atoms with Gasteiger partial charge in [-0.2, -0.15) is 0 Å². The van der Waals surface area contributed by atoms with Crippen molar-refractivity contribution in [3.05, 3.63) is 5.82 Å². The summed E-state index contributed by atoms with van der Waals surface area (Å²) in [5, 5.41) is 4.97. The second kappa shape index (κ2) is 5.75. The Hall–Kier alpha value is 0.100. The molecule has 1 heterocycles. The van der Waals surface area contributed by atoms with Crippen molar-refractivity contribution in [1.29, 1.82) is 0 Å². The van der Waals surface area contributed by atoms with Crippen molar-refractivity contribution < 1.29 is 26.9 Å². The van der Waals surface area contributed by atoms with Crippen LogP contribution in [0.5, 0.6) is 0 Å². The fourth-order valence-electron chi connectivity index (χ4n) is 1.41. The number of hydrogen-bond donors (Lipinski definition) is 0. The maximum atomic E-state index is 5.12. The molecule has 1 aromatic heterocycles. The van der Waals surface area contributed by atoms with Gasteiger partial charge in [-0.05, 0) is 13.8 Å². The predicted octanol–water partition coefficient (Wildman–Crippen LogP) is 0.676. The van der Waals surface area contributed by atoms with Crippen LogP contribution >= 0.6 is 0 Å². The van der Waals surface area contributed by atoms with Crippen LogP contribution in [-0.2, 0) is 54.5 Å². The normalized spacial score (nSPS) is 9.77. The predicted molar refractivity (Wildman–Crippen MR) is 48.8 cm³/mol. The molecule has 0 amide bonds. The van der Waals surface area contributed by atoms with Gasteiger partial charge < -0.3 is 12.6 Å². The Morgan fingerprint density at radius 1 is 1.38 bits per heavy atom. The van der Waals surface area contributed by atoms with E-state index in [0.29, 0.717) is 5.16 Å². The van der Waals surface area contributed by atoms with Gasteiger partial charge >= 0.3 is 22.4 Å². The van der Waals surface area contributed by atoms with E-state index in [-0.39, 0.29) is 22.4 Å². The number of nitrogens with zero attached hydrogens (tertiary/aromatic N) is 3. The largest absolute Gasteiger partial charge is 1.00 e. The summed E-state index contributed by atoms with van der Waals surface area (Å²) < 4.78 is 4.06. The molecule has 0 aromatic carbocycles. The van der Waals surface area contributed by atoms with Crippen LogP contribution in [-0.4, -0.2) is 9.78 Å². The van der Waals surface area contributed by atoms with Gasteiger partial charge in [-0.25, -0.2) is 0 Å². The molecular weight excluding hydrogens is 367 g/mol. The molecule has 0 radical (unpaired) electrons.